The van der Waals surface area contributed by atoms with Crippen LogP contribution >= 0.6 is 0 Å². The van der Waals surface area contributed by atoms with Crippen molar-refractivity contribution in [1.29, 1.82) is 0 Å². The zero-order valence-electron chi connectivity index (χ0n) is 16.0. The highest BCUT2D eigenvalue weighted by Gasteiger charge is 2.19. The maximum Gasteiger partial charge on any atom is 0.419 e. The predicted molar refractivity (Wildman–Crippen MR) is 107 cm³/mol. The van der Waals surface area contributed by atoms with E-state index in [1.807, 2.05) is 32.0 Å². The van der Waals surface area contributed by atoms with Gasteiger partial charge in [-0.3, -0.25) is 9.36 Å². The van der Waals surface area contributed by atoms with Crippen LogP contribution in [0.2, 0.25) is 0 Å². The third kappa shape index (κ3) is 3.87. The SMILES string of the molecule is CCc1cccc(C)c1NC(=O)CCS(=O)(=O)c1ccc2c(c1)oc(=O)n2C. The second-order valence-electron chi connectivity index (χ2n) is 6.64. The van der Waals surface area contributed by atoms with Crippen LogP contribution in [0.15, 0.2) is 50.5 Å². The van der Waals surface area contributed by atoms with Gasteiger partial charge in [0.1, 0.15) is 0 Å². The predicted octanol–water partition coefficient (Wildman–Crippen LogP) is 2.80. The van der Waals surface area contributed by atoms with Crippen molar-refractivity contribution in [2.24, 2.45) is 7.05 Å². The van der Waals surface area contributed by atoms with Gasteiger partial charge in [0.25, 0.3) is 0 Å². The number of para-hydroxylation sites is 1. The number of carbonyl (C=O) groups excluding carboxylic acids is 1. The second-order valence-corrected chi connectivity index (χ2v) is 8.75. The molecule has 1 heterocycles. The number of anilines is 1. The van der Waals surface area contributed by atoms with E-state index in [1.165, 1.54) is 22.8 Å². The first-order chi connectivity index (χ1) is 13.2. The fourth-order valence-electron chi connectivity index (χ4n) is 3.06. The molecule has 8 heteroatoms. The van der Waals surface area contributed by atoms with Crippen LogP contribution in [0.25, 0.3) is 11.1 Å². The monoisotopic (exact) mass is 402 g/mol. The minimum absolute atomic E-state index is 0.0206. The Hall–Kier alpha value is -2.87. The van der Waals surface area contributed by atoms with Crippen LogP contribution in [0.5, 0.6) is 0 Å². The van der Waals surface area contributed by atoms with Crippen molar-refractivity contribution >= 4 is 32.5 Å². The molecule has 0 aliphatic heterocycles. The quantitative estimate of drug-likeness (QED) is 0.684. The summed E-state index contributed by atoms with van der Waals surface area (Å²) in [4.78, 5) is 23.9. The minimum atomic E-state index is -3.70. The lowest BCUT2D eigenvalue weighted by Crippen LogP contribution is -2.18. The molecule has 28 heavy (non-hydrogen) atoms. The van der Waals surface area contributed by atoms with E-state index in [9.17, 15) is 18.0 Å². The Morgan fingerprint density at radius 1 is 1.21 bits per heavy atom. The molecule has 1 aromatic heterocycles. The number of benzene rings is 2. The average molecular weight is 402 g/mol. The summed E-state index contributed by atoms with van der Waals surface area (Å²) in [6.45, 7) is 3.89. The van der Waals surface area contributed by atoms with Crippen LogP contribution in [0.3, 0.4) is 0 Å². The lowest BCUT2D eigenvalue weighted by Gasteiger charge is -2.13. The van der Waals surface area contributed by atoms with Crippen molar-refractivity contribution in [3.05, 3.63) is 58.1 Å². The summed E-state index contributed by atoms with van der Waals surface area (Å²) < 4.78 is 31.6. The number of rotatable bonds is 6. The number of aromatic nitrogens is 1. The van der Waals surface area contributed by atoms with Crippen molar-refractivity contribution in [3.63, 3.8) is 0 Å². The molecule has 7 nitrogen and oxygen atoms in total. The number of oxazole rings is 1. The summed E-state index contributed by atoms with van der Waals surface area (Å²) in [5.74, 6) is -1.26. The molecule has 0 unspecified atom stereocenters. The highest BCUT2D eigenvalue weighted by atomic mass is 32.2. The Kier molecular flexibility index (Phi) is 5.42. The molecule has 0 aliphatic carbocycles. The Balaban J connectivity index is 1.75. The number of hydrogen-bond acceptors (Lipinski definition) is 5. The molecule has 3 aromatic rings. The van der Waals surface area contributed by atoms with Crippen molar-refractivity contribution in [1.82, 2.24) is 4.57 Å². The van der Waals surface area contributed by atoms with Crippen LogP contribution in [0.4, 0.5) is 5.69 Å². The summed E-state index contributed by atoms with van der Waals surface area (Å²) in [6.07, 6.45) is 0.592. The third-order valence-corrected chi connectivity index (χ3v) is 6.44. The van der Waals surface area contributed by atoms with Gasteiger partial charge in [0.2, 0.25) is 5.91 Å². The van der Waals surface area contributed by atoms with E-state index >= 15 is 0 Å². The van der Waals surface area contributed by atoms with E-state index in [2.05, 4.69) is 5.32 Å². The van der Waals surface area contributed by atoms with E-state index < -0.39 is 15.6 Å². The van der Waals surface area contributed by atoms with Gasteiger partial charge in [-0.2, -0.15) is 0 Å². The van der Waals surface area contributed by atoms with Crippen molar-refractivity contribution < 1.29 is 17.6 Å². The second kappa shape index (κ2) is 7.63. The fraction of sp³-hybridized carbons (Fsp3) is 0.300. The standard InChI is InChI=1S/C20H22N2O5S/c1-4-14-7-5-6-13(2)19(14)21-18(23)10-11-28(25,26)15-8-9-16-17(12-15)27-20(24)22(16)3/h5-9,12H,4,10-11H2,1-3H3,(H,21,23). The van der Waals surface area contributed by atoms with Crippen LogP contribution < -0.4 is 11.1 Å². The summed E-state index contributed by atoms with van der Waals surface area (Å²) >= 11 is 0. The third-order valence-electron chi connectivity index (χ3n) is 4.73. The molecule has 2 aromatic carbocycles. The molecule has 0 radical (unpaired) electrons. The topological polar surface area (TPSA) is 98.4 Å². The van der Waals surface area contributed by atoms with Gasteiger partial charge in [-0.25, -0.2) is 13.2 Å². The summed E-state index contributed by atoms with van der Waals surface area (Å²) in [7, 11) is -2.16. The van der Waals surface area contributed by atoms with Gasteiger partial charge in [-0.15, -0.1) is 0 Å². The minimum Gasteiger partial charge on any atom is -0.408 e. The lowest BCUT2D eigenvalue weighted by molar-refractivity contribution is -0.115. The number of hydrogen-bond donors (Lipinski definition) is 1. The fourth-order valence-corrected chi connectivity index (χ4v) is 4.31. The largest absolute Gasteiger partial charge is 0.419 e. The number of sulfone groups is 1. The highest BCUT2D eigenvalue weighted by molar-refractivity contribution is 7.91. The molecule has 0 saturated carbocycles. The first kappa shape index (κ1) is 19.9. The van der Waals surface area contributed by atoms with Crippen molar-refractivity contribution in [2.45, 2.75) is 31.6 Å². The zero-order chi connectivity index (χ0) is 20.5. The van der Waals surface area contributed by atoms with E-state index in [0.29, 0.717) is 5.52 Å². The first-order valence-electron chi connectivity index (χ1n) is 8.93. The molecule has 0 atom stereocenters. The normalized spacial score (nSPS) is 11.7. The molecule has 0 saturated heterocycles. The Morgan fingerprint density at radius 3 is 2.68 bits per heavy atom. The van der Waals surface area contributed by atoms with E-state index in [-0.39, 0.29) is 28.6 Å². The van der Waals surface area contributed by atoms with E-state index in [0.717, 1.165) is 23.2 Å². The molecule has 0 aliphatic rings. The summed E-state index contributed by atoms with van der Waals surface area (Å²) in [6, 6.07) is 10.0. The Bertz CT molecular complexity index is 1210. The number of aryl methyl sites for hydroxylation is 3. The maximum atomic E-state index is 12.6. The molecule has 1 N–H and O–H groups in total. The highest BCUT2D eigenvalue weighted by Crippen LogP contribution is 2.22. The molecule has 0 bridgehead atoms. The molecule has 148 valence electrons. The zero-order valence-corrected chi connectivity index (χ0v) is 16.8. The van der Waals surface area contributed by atoms with Crippen LogP contribution in [0.1, 0.15) is 24.5 Å². The lowest BCUT2D eigenvalue weighted by atomic mass is 10.1. The van der Waals surface area contributed by atoms with Gasteiger partial charge in [-0.1, -0.05) is 25.1 Å². The van der Waals surface area contributed by atoms with Crippen molar-refractivity contribution in [2.75, 3.05) is 11.1 Å². The number of nitrogens with one attached hydrogen (secondary N) is 1. The molecule has 0 spiro atoms. The van der Waals surface area contributed by atoms with Crippen LogP contribution in [0, 0.1) is 6.92 Å². The molecular weight excluding hydrogens is 380 g/mol. The molecule has 0 fully saturated rings. The van der Waals surface area contributed by atoms with E-state index in [1.54, 1.807) is 7.05 Å². The Morgan fingerprint density at radius 2 is 1.96 bits per heavy atom. The number of amides is 1. The summed E-state index contributed by atoms with van der Waals surface area (Å²) in [5, 5.41) is 2.83. The molecular formula is C20H22N2O5S. The van der Waals surface area contributed by atoms with Crippen molar-refractivity contribution in [3.8, 4) is 0 Å². The number of carbonyl (C=O) groups is 1. The summed E-state index contributed by atoms with van der Waals surface area (Å²) in [5.41, 5.74) is 3.37. The van der Waals surface area contributed by atoms with Gasteiger partial charge in [0, 0.05) is 25.2 Å². The smallest absolute Gasteiger partial charge is 0.408 e. The number of fused-ring (bicyclic) bond motifs is 1. The van der Waals surface area contributed by atoms with Gasteiger partial charge >= 0.3 is 5.76 Å². The van der Waals surface area contributed by atoms with Gasteiger partial charge in [-0.05, 0) is 36.6 Å². The molecule has 1 amide bonds. The average Bonchev–Trinajstić information content (AvgIpc) is 2.95. The van der Waals surface area contributed by atoms with Gasteiger partial charge < -0.3 is 9.73 Å². The maximum absolute atomic E-state index is 12.6. The van der Waals surface area contributed by atoms with E-state index in [4.69, 9.17) is 4.42 Å². The Labute approximate surface area is 162 Å². The molecule has 3 rings (SSSR count). The van der Waals surface area contributed by atoms with Gasteiger partial charge in [0.15, 0.2) is 15.4 Å². The van der Waals surface area contributed by atoms with Gasteiger partial charge in [0.05, 0.1) is 16.2 Å². The van der Waals surface area contributed by atoms with Crippen LogP contribution in [-0.4, -0.2) is 24.6 Å². The first-order valence-corrected chi connectivity index (χ1v) is 10.6. The van der Waals surface area contributed by atoms with Crippen LogP contribution in [-0.2, 0) is 28.1 Å². The number of nitrogens with zero attached hydrogens (tertiary/aromatic N) is 1.